The quantitative estimate of drug-likeness (QED) is 0.101. The molecule has 0 fully saturated rings. The van der Waals surface area contributed by atoms with Gasteiger partial charge in [0.1, 0.15) is 0 Å². The summed E-state index contributed by atoms with van der Waals surface area (Å²) in [6.45, 7) is 3.92. The zero-order chi connectivity index (χ0) is 49.8. The van der Waals surface area contributed by atoms with Crippen LogP contribution in [0.25, 0.3) is 65.6 Å². The number of aromatic nitrogens is 2. The Morgan fingerprint density at radius 1 is 0.351 bits per heavy atom. The number of hydrogen-bond donors (Lipinski definition) is 0. The molecular formula is C65H42F4N4Pt. The molecule has 10 aromatic carbocycles. The molecule has 0 atom stereocenters. The van der Waals surface area contributed by atoms with Crippen LogP contribution in [0.3, 0.4) is 0 Å². The van der Waals surface area contributed by atoms with Crippen LogP contribution in [0.5, 0.6) is 0 Å². The number of rotatable bonds is 10. The van der Waals surface area contributed by atoms with E-state index >= 15 is 8.78 Å². The van der Waals surface area contributed by atoms with Crippen molar-refractivity contribution in [2.75, 3.05) is 9.80 Å². The molecule has 0 radical (unpaired) electrons. The Kier molecular flexibility index (Phi) is 12.6. The molecule has 9 heteroatoms. The van der Waals surface area contributed by atoms with Gasteiger partial charge < -0.3 is 19.8 Å². The first-order valence-electron chi connectivity index (χ1n) is 23.9. The Morgan fingerprint density at radius 2 is 0.649 bits per heavy atom. The summed E-state index contributed by atoms with van der Waals surface area (Å²) in [7, 11) is 0. The molecule has 0 amide bonds. The van der Waals surface area contributed by atoms with Gasteiger partial charge >= 0.3 is 21.1 Å². The third-order valence-electron chi connectivity index (χ3n) is 13.6. The normalized spacial score (nSPS) is 11.5. The van der Waals surface area contributed by atoms with Crippen molar-refractivity contribution in [3.8, 4) is 22.5 Å². The monoisotopic (exact) mass is 1150 g/mol. The predicted molar refractivity (Wildman–Crippen MR) is 288 cm³/mol. The maximum Gasteiger partial charge on any atom is 2.00 e. The van der Waals surface area contributed by atoms with Crippen LogP contribution in [-0.2, 0) is 26.5 Å². The second-order valence-corrected chi connectivity index (χ2v) is 18.7. The number of benzene rings is 10. The fourth-order valence-corrected chi connectivity index (χ4v) is 9.76. The van der Waals surface area contributed by atoms with E-state index in [1.165, 1.54) is 0 Å². The molecular weight excluding hydrogens is 1110 g/mol. The van der Waals surface area contributed by atoms with Gasteiger partial charge in [0.15, 0.2) is 0 Å². The third kappa shape index (κ3) is 9.07. The van der Waals surface area contributed by atoms with Crippen LogP contribution >= 0.6 is 0 Å². The average Bonchev–Trinajstić information content (AvgIpc) is 3.41. The standard InChI is InChI=1S/C65H42F4N4.Pt/c1-65(2,63-39-55(37-61(70-63)57-29-23-49(66)35-59(57)68)72(51-25-19-41-11-3-7-15-45(41)31-51)52-26-20-42-12-4-8-16-46(42)32-52)64-40-56(38-62(71-64)58-30-24-50(67)36-60(58)69)73(53-27-21-43-13-5-9-17-47(43)33-53)54-28-22-44-14-6-10-18-48(44)34-54;/h3-28,31-40H,1-2H3;/q-2;+2. The van der Waals surface area contributed by atoms with Crippen LogP contribution in [0, 0.1) is 35.4 Å². The molecule has 360 valence electrons. The molecule has 0 saturated heterocycles. The van der Waals surface area contributed by atoms with E-state index in [9.17, 15) is 8.78 Å². The largest absolute Gasteiger partial charge is 2.00 e. The van der Waals surface area contributed by atoms with Gasteiger partial charge in [0.05, 0.1) is 0 Å². The maximum absolute atomic E-state index is 16.2. The molecule has 0 aliphatic carbocycles. The fourth-order valence-electron chi connectivity index (χ4n) is 9.76. The molecule has 74 heavy (non-hydrogen) atoms. The second-order valence-electron chi connectivity index (χ2n) is 18.7. The first-order chi connectivity index (χ1) is 35.5. The van der Waals surface area contributed by atoms with Crippen molar-refractivity contribution in [3.63, 3.8) is 0 Å². The van der Waals surface area contributed by atoms with Gasteiger partial charge in [-0.3, -0.25) is 17.6 Å². The topological polar surface area (TPSA) is 32.3 Å². The van der Waals surface area contributed by atoms with Crippen LogP contribution < -0.4 is 9.80 Å². The third-order valence-corrected chi connectivity index (χ3v) is 13.6. The van der Waals surface area contributed by atoms with E-state index in [2.05, 4.69) is 119 Å². The number of halogens is 4. The molecule has 0 spiro atoms. The van der Waals surface area contributed by atoms with Crippen molar-refractivity contribution in [1.29, 1.82) is 0 Å². The van der Waals surface area contributed by atoms with Crippen LogP contribution in [0.1, 0.15) is 25.2 Å². The summed E-state index contributed by atoms with van der Waals surface area (Å²) in [5.41, 5.74) is 4.68. The van der Waals surface area contributed by atoms with E-state index in [0.717, 1.165) is 90.1 Å². The summed E-state index contributed by atoms with van der Waals surface area (Å²) >= 11 is 0. The molecule has 2 heterocycles. The summed E-state index contributed by atoms with van der Waals surface area (Å²) in [5, 5.41) is 8.29. The van der Waals surface area contributed by atoms with Gasteiger partial charge in [-0.15, -0.1) is 24.3 Å². The van der Waals surface area contributed by atoms with Gasteiger partial charge in [-0.1, -0.05) is 157 Å². The van der Waals surface area contributed by atoms with Gasteiger partial charge in [-0.25, -0.2) is 0 Å². The molecule has 2 aromatic heterocycles. The SMILES string of the molecule is CC(C)(c1cc(N(c2ccc3ccccc3c2)c2ccc3ccccc3c2)cc(-c2[c-]cc(F)cc2F)n1)c1cc(N(c2ccc3ccccc3c2)c2ccc3ccccc3c2)cc(-c2[c-]cc(F)cc2F)n1.[Pt+2]. The summed E-state index contributed by atoms with van der Waals surface area (Å²) in [6.07, 6.45) is 0. The minimum Gasteiger partial charge on any atom is -0.311 e. The Morgan fingerprint density at radius 3 is 0.946 bits per heavy atom. The molecule has 0 aliphatic heterocycles. The van der Waals surface area contributed by atoms with Gasteiger partial charge in [-0.05, 0) is 129 Å². The van der Waals surface area contributed by atoms with Crippen molar-refractivity contribution in [3.05, 3.63) is 265 Å². The molecule has 0 unspecified atom stereocenters. The van der Waals surface area contributed by atoms with Crippen LogP contribution in [-0.4, -0.2) is 9.97 Å². The van der Waals surface area contributed by atoms with Gasteiger partial charge in [0.25, 0.3) is 0 Å². The Balaban J connectivity index is 0.00000588. The number of nitrogens with zero attached hydrogens (tertiary/aromatic N) is 4. The molecule has 4 nitrogen and oxygen atoms in total. The van der Waals surface area contributed by atoms with E-state index in [1.807, 2.05) is 98.8 Å². The number of pyridine rings is 2. The predicted octanol–water partition coefficient (Wildman–Crippen LogP) is 17.8. The van der Waals surface area contributed by atoms with E-state index in [0.29, 0.717) is 22.8 Å². The van der Waals surface area contributed by atoms with Crippen molar-refractivity contribution in [2.24, 2.45) is 0 Å². The zero-order valence-electron chi connectivity index (χ0n) is 39.9. The number of anilines is 6. The fraction of sp³-hybridized carbons (Fsp3) is 0.0462. The van der Waals surface area contributed by atoms with Crippen LogP contribution in [0.4, 0.5) is 51.7 Å². The Hall–Kier alpha value is -8.45. The molecule has 0 saturated carbocycles. The van der Waals surface area contributed by atoms with E-state index in [4.69, 9.17) is 9.97 Å². The molecule has 12 aromatic rings. The number of hydrogen-bond acceptors (Lipinski definition) is 4. The Labute approximate surface area is 440 Å². The van der Waals surface area contributed by atoms with Gasteiger partial charge in [-0.2, -0.15) is 0 Å². The molecule has 0 aliphatic rings. The van der Waals surface area contributed by atoms with Gasteiger partial charge in [0.2, 0.25) is 0 Å². The number of fused-ring (bicyclic) bond motifs is 4. The van der Waals surface area contributed by atoms with Crippen molar-refractivity contribution >= 4 is 77.2 Å². The summed E-state index contributed by atoms with van der Waals surface area (Å²) in [6, 6.07) is 74.4. The zero-order valence-corrected chi connectivity index (χ0v) is 42.2. The van der Waals surface area contributed by atoms with Crippen molar-refractivity contribution in [1.82, 2.24) is 9.97 Å². The molecule has 0 N–H and O–H groups in total. The average molecular weight is 1150 g/mol. The second kappa shape index (κ2) is 19.5. The smallest absolute Gasteiger partial charge is 0.311 e. The summed E-state index contributed by atoms with van der Waals surface area (Å²) in [5.74, 6) is -3.20. The summed E-state index contributed by atoms with van der Waals surface area (Å²) in [4.78, 5) is 14.6. The maximum atomic E-state index is 16.2. The minimum absolute atomic E-state index is 0. The van der Waals surface area contributed by atoms with Crippen molar-refractivity contribution in [2.45, 2.75) is 19.3 Å². The Bertz CT molecular complexity index is 3700. The molecule has 12 rings (SSSR count). The minimum atomic E-state index is -1.14. The van der Waals surface area contributed by atoms with E-state index in [-0.39, 0.29) is 43.6 Å². The first-order valence-corrected chi connectivity index (χ1v) is 23.9. The van der Waals surface area contributed by atoms with Gasteiger partial charge in [0, 0.05) is 74.2 Å². The van der Waals surface area contributed by atoms with Crippen LogP contribution in [0.2, 0.25) is 0 Å². The van der Waals surface area contributed by atoms with E-state index < -0.39 is 28.7 Å². The van der Waals surface area contributed by atoms with Crippen LogP contribution in [0.15, 0.2) is 218 Å². The summed E-state index contributed by atoms with van der Waals surface area (Å²) < 4.78 is 61.6. The van der Waals surface area contributed by atoms with Crippen molar-refractivity contribution < 1.29 is 38.6 Å². The van der Waals surface area contributed by atoms with E-state index in [1.54, 1.807) is 12.1 Å². The first kappa shape index (κ1) is 47.8. The molecule has 0 bridgehead atoms.